The van der Waals surface area contributed by atoms with E-state index in [0.29, 0.717) is 26.2 Å². The first-order valence-corrected chi connectivity index (χ1v) is 9.69. The second kappa shape index (κ2) is 9.03. The van der Waals surface area contributed by atoms with Gasteiger partial charge in [0.25, 0.3) is 0 Å². The van der Waals surface area contributed by atoms with Crippen LogP contribution < -0.4 is 5.32 Å². The molecule has 3 atom stereocenters. The van der Waals surface area contributed by atoms with Crippen molar-refractivity contribution >= 4 is 16.8 Å². The Bertz CT molecular complexity index is 524. The average Bonchev–Trinajstić information content (AvgIpc) is 2.55. The Balaban J connectivity index is 1.76. The van der Waals surface area contributed by atoms with Crippen molar-refractivity contribution in [1.29, 1.82) is 0 Å². The molecule has 0 aromatic heterocycles. The topological polar surface area (TPSA) is 58.6 Å². The van der Waals surface area contributed by atoms with Crippen LogP contribution in [0.5, 0.6) is 0 Å². The lowest BCUT2D eigenvalue weighted by atomic mass is 10.1. The molecule has 6 heteroatoms. The Kier molecular flexibility index (Phi) is 7.05. The summed E-state index contributed by atoms with van der Waals surface area (Å²) in [6.07, 6.45) is 3.28. The van der Waals surface area contributed by atoms with Gasteiger partial charge in [0.1, 0.15) is 0 Å². The normalized spacial score (nSPS) is 20.8. The van der Waals surface area contributed by atoms with Crippen molar-refractivity contribution in [1.82, 2.24) is 10.2 Å². The van der Waals surface area contributed by atoms with Gasteiger partial charge in [0.05, 0.1) is 12.7 Å². The van der Waals surface area contributed by atoms with Crippen LogP contribution in [0.3, 0.4) is 0 Å². The Labute approximate surface area is 140 Å². The van der Waals surface area contributed by atoms with Crippen LogP contribution in [-0.4, -0.2) is 59.0 Å². The van der Waals surface area contributed by atoms with Crippen molar-refractivity contribution in [2.75, 3.05) is 32.5 Å². The molecule has 1 N–H and O–H groups in total. The first-order chi connectivity index (χ1) is 11.1. The highest BCUT2D eigenvalue weighted by atomic mass is 32.2. The summed E-state index contributed by atoms with van der Waals surface area (Å²) in [4.78, 5) is 14.0. The molecule has 0 bridgehead atoms. The number of nitrogens with zero attached hydrogens (tertiary/aromatic N) is 1. The smallest absolute Gasteiger partial charge is 0.317 e. The number of carbonyl (C=O) groups is 1. The summed E-state index contributed by atoms with van der Waals surface area (Å²) in [5, 5.41) is 3.02. The monoisotopic (exact) mass is 338 g/mol. The number of nitrogens with one attached hydrogen (secondary N) is 1. The van der Waals surface area contributed by atoms with E-state index in [1.807, 2.05) is 30.0 Å². The van der Waals surface area contributed by atoms with E-state index in [1.165, 1.54) is 5.56 Å². The highest BCUT2D eigenvalue weighted by Gasteiger charge is 2.24. The molecule has 1 aromatic rings. The van der Waals surface area contributed by atoms with Gasteiger partial charge in [-0.15, -0.1) is 0 Å². The summed E-state index contributed by atoms with van der Waals surface area (Å²) in [7, 11) is -0.843. The number of hydrogen-bond acceptors (Lipinski definition) is 3. The van der Waals surface area contributed by atoms with E-state index in [9.17, 15) is 9.00 Å². The third kappa shape index (κ3) is 5.95. The quantitative estimate of drug-likeness (QED) is 0.860. The minimum absolute atomic E-state index is 0.0407. The molecule has 23 heavy (non-hydrogen) atoms. The van der Waals surface area contributed by atoms with Crippen molar-refractivity contribution in [2.45, 2.75) is 31.1 Å². The van der Waals surface area contributed by atoms with E-state index in [0.717, 1.165) is 12.8 Å². The molecule has 1 aliphatic rings. The van der Waals surface area contributed by atoms with Gasteiger partial charge in [0, 0.05) is 48.4 Å². The molecule has 0 aliphatic carbocycles. The molecule has 128 valence electrons. The minimum Gasteiger partial charge on any atom is -0.374 e. The number of benzene rings is 1. The number of ether oxygens (including phenoxy) is 1. The summed E-state index contributed by atoms with van der Waals surface area (Å²) in [5.74, 6) is 0. The van der Waals surface area contributed by atoms with Gasteiger partial charge in [0.15, 0.2) is 0 Å². The van der Waals surface area contributed by atoms with E-state index in [2.05, 4.69) is 17.4 Å². The summed E-state index contributed by atoms with van der Waals surface area (Å²) in [6, 6.07) is 10.1. The van der Waals surface area contributed by atoms with Crippen molar-refractivity contribution in [3.63, 3.8) is 0 Å². The van der Waals surface area contributed by atoms with E-state index in [1.54, 1.807) is 6.26 Å². The van der Waals surface area contributed by atoms with Crippen LogP contribution in [0, 0.1) is 0 Å². The van der Waals surface area contributed by atoms with Crippen molar-refractivity contribution < 1.29 is 13.7 Å². The molecule has 2 rings (SSSR count). The molecule has 2 amide bonds. The highest BCUT2D eigenvalue weighted by molar-refractivity contribution is 7.84. The average molecular weight is 338 g/mol. The van der Waals surface area contributed by atoms with E-state index in [4.69, 9.17) is 4.74 Å². The first-order valence-electron chi connectivity index (χ1n) is 8.07. The molecule has 1 aromatic carbocycles. The largest absolute Gasteiger partial charge is 0.374 e. The standard InChI is InChI=1S/C17H26N2O3S/c1-14(23(2)21)8-9-18-17(20)19-10-11-22-16(13-19)12-15-6-4-3-5-7-15/h3-7,14,16H,8-13H2,1-2H3,(H,18,20). The van der Waals surface area contributed by atoms with Gasteiger partial charge in [0.2, 0.25) is 0 Å². The van der Waals surface area contributed by atoms with Gasteiger partial charge in [-0.25, -0.2) is 4.79 Å². The Morgan fingerprint density at radius 1 is 1.43 bits per heavy atom. The minimum atomic E-state index is -0.843. The molecule has 1 heterocycles. The fourth-order valence-electron chi connectivity index (χ4n) is 2.56. The molecule has 0 saturated carbocycles. The SMILES string of the molecule is CC(CCNC(=O)N1CCOC(Cc2ccccc2)C1)S(C)=O. The second-order valence-corrected chi connectivity index (χ2v) is 7.76. The molecular formula is C17H26N2O3S. The zero-order valence-electron chi connectivity index (χ0n) is 13.9. The molecule has 1 aliphatic heterocycles. The summed E-state index contributed by atoms with van der Waals surface area (Å²) < 4.78 is 17.1. The van der Waals surface area contributed by atoms with Gasteiger partial charge < -0.3 is 15.0 Å². The zero-order valence-corrected chi connectivity index (χ0v) is 14.7. The third-order valence-corrected chi connectivity index (χ3v) is 5.49. The maximum Gasteiger partial charge on any atom is 0.317 e. The van der Waals surface area contributed by atoms with Gasteiger partial charge in [-0.05, 0) is 12.0 Å². The number of urea groups is 1. The molecule has 5 nitrogen and oxygen atoms in total. The first kappa shape index (κ1) is 17.9. The number of amides is 2. The summed E-state index contributed by atoms with van der Waals surface area (Å²) in [6.45, 7) is 4.29. The lowest BCUT2D eigenvalue weighted by molar-refractivity contribution is -0.0132. The van der Waals surface area contributed by atoms with E-state index < -0.39 is 10.8 Å². The van der Waals surface area contributed by atoms with Gasteiger partial charge >= 0.3 is 6.03 Å². The lowest BCUT2D eigenvalue weighted by Crippen LogP contribution is -2.50. The van der Waals surface area contributed by atoms with Crippen LogP contribution in [0.1, 0.15) is 18.9 Å². The lowest BCUT2D eigenvalue weighted by Gasteiger charge is -2.33. The number of hydrogen-bond donors (Lipinski definition) is 1. The van der Waals surface area contributed by atoms with E-state index >= 15 is 0 Å². The molecule has 0 spiro atoms. The fourth-order valence-corrected chi connectivity index (χ4v) is 3.01. The highest BCUT2D eigenvalue weighted by Crippen LogP contribution is 2.12. The Morgan fingerprint density at radius 3 is 2.87 bits per heavy atom. The zero-order chi connectivity index (χ0) is 16.7. The summed E-state index contributed by atoms with van der Waals surface area (Å²) >= 11 is 0. The molecule has 0 radical (unpaired) electrons. The number of rotatable bonds is 6. The van der Waals surface area contributed by atoms with Gasteiger partial charge in [-0.2, -0.15) is 0 Å². The summed E-state index contributed by atoms with van der Waals surface area (Å²) in [5.41, 5.74) is 1.22. The van der Waals surface area contributed by atoms with Crippen LogP contribution >= 0.6 is 0 Å². The van der Waals surface area contributed by atoms with E-state index in [-0.39, 0.29) is 17.4 Å². The van der Waals surface area contributed by atoms with Crippen LogP contribution in [-0.2, 0) is 22.0 Å². The van der Waals surface area contributed by atoms with Crippen molar-refractivity contribution in [2.24, 2.45) is 0 Å². The van der Waals surface area contributed by atoms with Crippen LogP contribution in [0.4, 0.5) is 4.79 Å². The number of carbonyl (C=O) groups excluding carboxylic acids is 1. The fraction of sp³-hybridized carbons (Fsp3) is 0.588. The second-order valence-electron chi connectivity index (χ2n) is 5.96. The molecule has 1 fully saturated rings. The van der Waals surface area contributed by atoms with Crippen LogP contribution in [0.15, 0.2) is 30.3 Å². The maximum atomic E-state index is 12.2. The molecular weight excluding hydrogens is 312 g/mol. The molecule has 1 saturated heterocycles. The predicted molar refractivity (Wildman–Crippen MR) is 93.0 cm³/mol. The van der Waals surface area contributed by atoms with Crippen LogP contribution in [0.2, 0.25) is 0 Å². The number of morpholine rings is 1. The predicted octanol–water partition coefficient (Wildman–Crippen LogP) is 1.80. The Hall–Kier alpha value is -1.40. The van der Waals surface area contributed by atoms with Crippen molar-refractivity contribution in [3.05, 3.63) is 35.9 Å². The third-order valence-electron chi connectivity index (χ3n) is 4.13. The van der Waals surface area contributed by atoms with Gasteiger partial charge in [-0.1, -0.05) is 37.3 Å². The van der Waals surface area contributed by atoms with Crippen LogP contribution in [0.25, 0.3) is 0 Å². The molecule has 3 unspecified atom stereocenters. The maximum absolute atomic E-state index is 12.2. The van der Waals surface area contributed by atoms with Crippen molar-refractivity contribution in [3.8, 4) is 0 Å². The Morgan fingerprint density at radius 2 is 2.17 bits per heavy atom. The van der Waals surface area contributed by atoms with Gasteiger partial charge in [-0.3, -0.25) is 4.21 Å².